The lowest BCUT2D eigenvalue weighted by molar-refractivity contribution is 0.0198. The number of hydrogen-bond acceptors (Lipinski definition) is 5. The molecule has 0 fully saturated rings. The van der Waals surface area contributed by atoms with Gasteiger partial charge in [-0.1, -0.05) is 0 Å². The summed E-state index contributed by atoms with van der Waals surface area (Å²) in [5.74, 6) is 6.64. The third-order valence-corrected chi connectivity index (χ3v) is 5.03. The van der Waals surface area contributed by atoms with Gasteiger partial charge in [-0.2, -0.15) is 0 Å². The number of hydrogen-bond donors (Lipinski definition) is 4. The van der Waals surface area contributed by atoms with Crippen LogP contribution in [0.3, 0.4) is 0 Å². The average Bonchev–Trinajstić information content (AvgIpc) is 2.60. The minimum atomic E-state index is -0.269. The number of phenols is 1. The predicted octanol–water partition coefficient (Wildman–Crippen LogP) is 2.01. The van der Waals surface area contributed by atoms with Gasteiger partial charge in [-0.15, -0.1) is 12.4 Å². The van der Waals surface area contributed by atoms with Crippen molar-refractivity contribution >= 4 is 18.4 Å². The van der Waals surface area contributed by atoms with E-state index in [2.05, 4.69) is 17.3 Å². The number of hydrazine groups is 1. The number of phenolic OH excluding ortho intramolecular Hbond substituents is 1. The highest BCUT2D eigenvalue weighted by molar-refractivity contribution is 5.85. The van der Waals surface area contributed by atoms with Gasteiger partial charge in [-0.3, -0.25) is 5.43 Å². The number of nitrogens with zero attached hydrogens (tertiary/aromatic N) is 1. The van der Waals surface area contributed by atoms with Crippen molar-refractivity contribution in [2.45, 2.75) is 52.6 Å². The highest BCUT2D eigenvalue weighted by Gasteiger charge is 2.34. The largest absolute Gasteiger partial charge is 0.507 e. The van der Waals surface area contributed by atoms with Gasteiger partial charge in [0.05, 0.1) is 19.8 Å². The van der Waals surface area contributed by atoms with Gasteiger partial charge in [0.15, 0.2) is 0 Å². The molecule has 0 bridgehead atoms. The van der Waals surface area contributed by atoms with Gasteiger partial charge in [0, 0.05) is 12.0 Å². The Morgan fingerprint density at radius 2 is 1.96 bits per heavy atom. The summed E-state index contributed by atoms with van der Waals surface area (Å²) in [4.78, 5) is 3.99. The van der Waals surface area contributed by atoms with Crippen molar-refractivity contribution in [1.29, 1.82) is 0 Å². The molecule has 1 aliphatic heterocycles. The fraction of sp³-hybridized carbons (Fsp3) is 0.611. The maximum absolute atomic E-state index is 10.2. The first kappa shape index (κ1) is 22.3. The molecule has 1 aromatic carbocycles. The first-order valence-electron chi connectivity index (χ1n) is 8.64. The molecule has 7 nitrogen and oxygen atoms in total. The predicted molar refractivity (Wildman–Crippen MR) is 106 cm³/mol. The van der Waals surface area contributed by atoms with E-state index in [0.717, 1.165) is 47.3 Å². The highest BCUT2D eigenvalue weighted by atomic mass is 35.5. The zero-order chi connectivity index (χ0) is 18.6. The first-order valence-corrected chi connectivity index (χ1v) is 8.64. The number of aromatic hydroxyl groups is 1. The van der Waals surface area contributed by atoms with Crippen molar-refractivity contribution in [3.8, 4) is 11.5 Å². The molecule has 0 saturated heterocycles. The van der Waals surface area contributed by atoms with E-state index in [1.807, 2.05) is 20.8 Å². The van der Waals surface area contributed by atoms with Crippen molar-refractivity contribution in [3.63, 3.8) is 0 Å². The molecule has 2 rings (SSSR count). The van der Waals surface area contributed by atoms with E-state index in [1.54, 1.807) is 0 Å². The van der Waals surface area contributed by atoms with Gasteiger partial charge >= 0.3 is 0 Å². The number of guanidine groups is 1. The van der Waals surface area contributed by atoms with Crippen molar-refractivity contribution in [2.75, 3.05) is 19.8 Å². The molecule has 0 aliphatic carbocycles. The Morgan fingerprint density at radius 1 is 1.27 bits per heavy atom. The normalized spacial score (nSPS) is 19.3. The van der Waals surface area contributed by atoms with E-state index in [-0.39, 0.29) is 24.0 Å². The Labute approximate surface area is 161 Å². The monoisotopic (exact) mass is 386 g/mol. The van der Waals surface area contributed by atoms with Crippen LogP contribution in [0, 0.1) is 20.8 Å². The van der Waals surface area contributed by atoms with Gasteiger partial charge in [0.25, 0.3) is 0 Å². The molecule has 8 heteroatoms. The van der Waals surface area contributed by atoms with Crippen LogP contribution in [0.15, 0.2) is 4.99 Å². The SMILES string of the molecule is Cc1c(C)c2c(c(C)c1O)CCC(C)(CCOCCN=C(N)NN)O2.Cl. The van der Waals surface area contributed by atoms with Gasteiger partial charge in [-0.25, -0.2) is 10.8 Å². The zero-order valence-electron chi connectivity index (χ0n) is 16.0. The van der Waals surface area contributed by atoms with E-state index >= 15 is 0 Å². The van der Waals surface area contributed by atoms with E-state index in [9.17, 15) is 5.11 Å². The lowest BCUT2D eigenvalue weighted by Gasteiger charge is -2.38. The first-order chi connectivity index (χ1) is 11.8. The topological polar surface area (TPSA) is 115 Å². The molecule has 148 valence electrons. The molecule has 0 spiro atoms. The summed E-state index contributed by atoms with van der Waals surface area (Å²) >= 11 is 0. The molecule has 1 unspecified atom stereocenters. The smallest absolute Gasteiger partial charge is 0.203 e. The van der Waals surface area contributed by atoms with E-state index in [4.69, 9.17) is 21.1 Å². The van der Waals surface area contributed by atoms with Gasteiger partial charge < -0.3 is 20.3 Å². The summed E-state index contributed by atoms with van der Waals surface area (Å²) in [5, 5.41) is 10.2. The van der Waals surface area contributed by atoms with E-state index in [1.165, 1.54) is 0 Å². The van der Waals surface area contributed by atoms with E-state index in [0.29, 0.717) is 25.5 Å². The summed E-state index contributed by atoms with van der Waals surface area (Å²) in [6.45, 7) is 9.55. The molecular weight excluding hydrogens is 356 g/mol. The quantitative estimate of drug-likeness (QED) is 0.195. The second-order valence-corrected chi connectivity index (χ2v) is 6.86. The molecule has 1 heterocycles. The van der Waals surface area contributed by atoms with Crippen molar-refractivity contribution in [1.82, 2.24) is 5.43 Å². The number of benzene rings is 1. The zero-order valence-corrected chi connectivity index (χ0v) is 16.8. The second kappa shape index (κ2) is 9.30. The lowest BCUT2D eigenvalue weighted by Crippen LogP contribution is -2.38. The number of halogens is 1. The van der Waals surface area contributed by atoms with Crippen molar-refractivity contribution < 1.29 is 14.6 Å². The number of nitrogens with one attached hydrogen (secondary N) is 1. The van der Waals surface area contributed by atoms with Crippen LogP contribution in [0.25, 0.3) is 0 Å². The summed E-state index contributed by atoms with van der Waals surface area (Å²) in [5.41, 5.74) is 11.4. The minimum absolute atomic E-state index is 0. The summed E-state index contributed by atoms with van der Waals surface area (Å²) in [7, 11) is 0. The molecule has 1 aliphatic rings. The van der Waals surface area contributed by atoms with Crippen molar-refractivity contribution in [2.24, 2.45) is 16.6 Å². The van der Waals surface area contributed by atoms with Crippen LogP contribution >= 0.6 is 12.4 Å². The maximum atomic E-state index is 10.2. The summed E-state index contributed by atoms with van der Waals surface area (Å²) < 4.78 is 12.0. The minimum Gasteiger partial charge on any atom is -0.507 e. The van der Waals surface area contributed by atoms with Crippen LogP contribution in [0.4, 0.5) is 0 Å². The molecule has 1 aromatic rings. The second-order valence-electron chi connectivity index (χ2n) is 6.86. The number of rotatable bonds is 6. The van der Waals surface area contributed by atoms with Crippen LogP contribution in [0.1, 0.15) is 42.0 Å². The van der Waals surface area contributed by atoms with Crippen LogP contribution in [-0.2, 0) is 11.2 Å². The molecule has 0 amide bonds. The van der Waals surface area contributed by atoms with Gasteiger partial charge in [-0.05, 0) is 57.2 Å². The highest BCUT2D eigenvalue weighted by Crippen LogP contribution is 2.43. The Balaban J connectivity index is 0.00000338. The van der Waals surface area contributed by atoms with Crippen LogP contribution in [0.5, 0.6) is 11.5 Å². The molecule has 0 saturated carbocycles. The molecule has 26 heavy (non-hydrogen) atoms. The van der Waals surface area contributed by atoms with Crippen LogP contribution in [-0.4, -0.2) is 36.4 Å². The third-order valence-electron chi connectivity index (χ3n) is 5.03. The summed E-state index contributed by atoms with van der Waals surface area (Å²) in [6, 6.07) is 0. The van der Waals surface area contributed by atoms with Crippen LogP contribution < -0.4 is 21.7 Å². The Kier molecular flexibility index (Phi) is 7.99. The number of fused-ring (bicyclic) bond motifs is 1. The molecule has 6 N–H and O–H groups in total. The maximum Gasteiger partial charge on any atom is 0.203 e. The molecule has 1 atom stereocenters. The lowest BCUT2D eigenvalue weighted by atomic mass is 9.86. The van der Waals surface area contributed by atoms with Gasteiger partial charge in [0.2, 0.25) is 5.96 Å². The van der Waals surface area contributed by atoms with Gasteiger partial charge in [0.1, 0.15) is 17.1 Å². The molecular formula is C18H31ClN4O3. The molecule has 0 radical (unpaired) electrons. The average molecular weight is 387 g/mol. The molecule has 0 aromatic heterocycles. The van der Waals surface area contributed by atoms with Crippen molar-refractivity contribution in [3.05, 3.63) is 22.3 Å². The number of nitrogens with two attached hydrogens (primary N) is 2. The van der Waals surface area contributed by atoms with E-state index < -0.39 is 0 Å². The Bertz CT molecular complexity index is 667. The number of ether oxygens (including phenoxy) is 2. The number of aliphatic imine (C=N–C) groups is 1. The Morgan fingerprint density at radius 3 is 2.62 bits per heavy atom. The standard InChI is InChI=1S/C18H30N4O3.ClH/c1-11-12(2)16-14(13(3)15(11)23)5-6-18(4,25-16)7-9-24-10-8-21-17(19)22-20;/h23H,5-10,20H2,1-4H3,(H3,19,21,22);1H. The third kappa shape index (κ3) is 4.93. The fourth-order valence-corrected chi connectivity index (χ4v) is 3.14. The van der Waals surface area contributed by atoms with Crippen LogP contribution in [0.2, 0.25) is 0 Å². The summed E-state index contributed by atoms with van der Waals surface area (Å²) in [6.07, 6.45) is 2.59. The fourth-order valence-electron chi connectivity index (χ4n) is 3.14. The Hall–Kier alpha value is -1.70.